The van der Waals surface area contributed by atoms with Crippen LogP contribution in [0.2, 0.25) is 0 Å². The summed E-state index contributed by atoms with van der Waals surface area (Å²) in [5.41, 5.74) is 1.99. The Kier molecular flexibility index (Phi) is 6.80. The molecule has 0 aromatic heterocycles. The number of hydrogen-bond donors (Lipinski definition) is 0. The van der Waals surface area contributed by atoms with Crippen molar-refractivity contribution in [3.63, 3.8) is 0 Å². The third kappa shape index (κ3) is 4.79. The Morgan fingerprint density at radius 3 is 1.52 bits per heavy atom. The van der Waals surface area contributed by atoms with Crippen molar-refractivity contribution in [2.45, 2.75) is 22.7 Å². The van der Waals surface area contributed by atoms with E-state index in [1.807, 2.05) is 91.0 Å². The molecule has 4 aromatic carbocycles. The first kappa shape index (κ1) is 23.0. The highest BCUT2D eigenvalue weighted by atomic mass is 32.2. The van der Waals surface area contributed by atoms with Crippen molar-refractivity contribution in [2.24, 2.45) is 0 Å². The maximum atomic E-state index is 14.2. The lowest BCUT2D eigenvalue weighted by Crippen LogP contribution is -2.26. The van der Waals surface area contributed by atoms with Crippen molar-refractivity contribution in [3.8, 4) is 5.75 Å². The fraction of sp³-hybridized carbons (Fsp3) is 0.143. The number of thioether (sulfide) groups is 1. The van der Waals surface area contributed by atoms with Crippen molar-refractivity contribution in [3.05, 3.63) is 131 Å². The predicted octanol–water partition coefficient (Wildman–Crippen LogP) is 8.19. The maximum absolute atomic E-state index is 14.2. The molecule has 168 valence electrons. The molecule has 0 spiro atoms. The summed E-state index contributed by atoms with van der Waals surface area (Å²) in [7, 11) is 0. The van der Waals surface area contributed by atoms with Crippen LogP contribution >= 0.6 is 11.8 Å². The Morgan fingerprint density at radius 1 is 0.667 bits per heavy atom. The highest BCUT2D eigenvalue weighted by Gasteiger charge is 2.41. The van der Waals surface area contributed by atoms with Gasteiger partial charge in [-0.1, -0.05) is 91.0 Å². The van der Waals surface area contributed by atoms with Gasteiger partial charge in [-0.2, -0.15) is 13.2 Å². The number of alkyl halides is 3. The Morgan fingerprint density at radius 2 is 1.12 bits per heavy atom. The Balaban J connectivity index is 2.00. The predicted molar refractivity (Wildman–Crippen MR) is 128 cm³/mol. The van der Waals surface area contributed by atoms with Gasteiger partial charge in [0, 0.05) is 4.90 Å². The second kappa shape index (κ2) is 9.75. The van der Waals surface area contributed by atoms with Crippen molar-refractivity contribution >= 4 is 11.8 Å². The summed E-state index contributed by atoms with van der Waals surface area (Å²) in [6.07, 6.45) is -4.52. The first-order chi connectivity index (χ1) is 15.9. The monoisotopic (exact) mass is 464 g/mol. The SMILES string of the molecule is CCOc1ccc(SC(c2ccccc2)(c2ccccc2)c2ccccc2)c(C(F)(F)F)c1. The molecule has 0 saturated carbocycles. The Bertz CT molecular complexity index is 1080. The smallest absolute Gasteiger partial charge is 0.417 e. The number of ether oxygens (including phenoxy) is 1. The second-order valence-corrected chi connectivity index (χ2v) is 8.73. The standard InChI is InChI=1S/C28H23F3OS/c1-2-32-24-18-19-26(25(20-24)28(29,30)31)33-27(21-12-6-3-7-13-21,22-14-8-4-9-15-22)23-16-10-5-11-17-23/h3-20H,2H2,1H3. The van der Waals surface area contributed by atoms with E-state index in [4.69, 9.17) is 4.74 Å². The van der Waals surface area contributed by atoms with Crippen molar-refractivity contribution in [2.75, 3.05) is 6.61 Å². The van der Waals surface area contributed by atoms with Gasteiger partial charge in [0.15, 0.2) is 0 Å². The van der Waals surface area contributed by atoms with Crippen LogP contribution in [-0.2, 0) is 10.9 Å². The molecule has 0 bridgehead atoms. The summed E-state index contributed by atoms with van der Waals surface area (Å²) >= 11 is 1.20. The van der Waals surface area contributed by atoms with Gasteiger partial charge in [0.1, 0.15) is 5.75 Å². The molecule has 0 N–H and O–H groups in total. The van der Waals surface area contributed by atoms with Crippen LogP contribution in [0.25, 0.3) is 0 Å². The zero-order valence-electron chi connectivity index (χ0n) is 18.0. The molecule has 0 fully saturated rings. The average molecular weight is 465 g/mol. The first-order valence-electron chi connectivity index (χ1n) is 10.6. The summed E-state index contributed by atoms with van der Waals surface area (Å²) in [6.45, 7) is 2.05. The quantitative estimate of drug-likeness (QED) is 0.201. The zero-order valence-corrected chi connectivity index (χ0v) is 18.9. The van der Waals surface area contributed by atoms with Crippen molar-refractivity contribution in [1.29, 1.82) is 0 Å². The van der Waals surface area contributed by atoms with Crippen LogP contribution in [0.3, 0.4) is 0 Å². The van der Waals surface area contributed by atoms with Gasteiger partial charge in [-0.05, 0) is 41.8 Å². The van der Waals surface area contributed by atoms with Gasteiger partial charge in [-0.25, -0.2) is 0 Å². The minimum Gasteiger partial charge on any atom is -0.494 e. The fourth-order valence-corrected chi connectivity index (χ4v) is 5.45. The van der Waals surface area contributed by atoms with E-state index in [1.54, 1.807) is 13.0 Å². The summed E-state index contributed by atoms with van der Waals surface area (Å²) in [5.74, 6) is 0.207. The van der Waals surface area contributed by atoms with E-state index < -0.39 is 16.5 Å². The summed E-state index contributed by atoms with van der Waals surface area (Å²) in [6, 6.07) is 33.2. The molecular weight excluding hydrogens is 441 g/mol. The molecule has 0 amide bonds. The van der Waals surface area contributed by atoms with Gasteiger partial charge in [0.05, 0.1) is 16.9 Å². The van der Waals surface area contributed by atoms with E-state index in [9.17, 15) is 13.2 Å². The third-order valence-corrected chi connectivity index (χ3v) is 6.96. The number of benzene rings is 4. The first-order valence-corrected chi connectivity index (χ1v) is 11.5. The zero-order chi connectivity index (χ0) is 23.3. The molecule has 1 nitrogen and oxygen atoms in total. The van der Waals surface area contributed by atoms with E-state index in [0.717, 1.165) is 22.8 Å². The lowest BCUT2D eigenvalue weighted by atomic mass is 9.84. The molecular formula is C28H23F3OS. The van der Waals surface area contributed by atoms with E-state index in [-0.39, 0.29) is 10.6 Å². The highest BCUT2D eigenvalue weighted by molar-refractivity contribution is 8.00. The summed E-state index contributed by atoms with van der Waals surface area (Å²) < 4.78 is 47.0. The molecule has 0 unspecified atom stereocenters. The van der Waals surface area contributed by atoms with Crippen LogP contribution < -0.4 is 4.74 Å². The molecule has 4 rings (SSSR count). The maximum Gasteiger partial charge on any atom is 0.417 e. The summed E-state index contributed by atoms with van der Waals surface area (Å²) in [5, 5.41) is 0. The molecule has 0 heterocycles. The van der Waals surface area contributed by atoms with Gasteiger partial charge in [-0.3, -0.25) is 0 Å². The summed E-state index contributed by atoms with van der Waals surface area (Å²) in [4.78, 5) is 0.141. The van der Waals surface area contributed by atoms with Crippen LogP contribution in [0.4, 0.5) is 13.2 Å². The van der Waals surface area contributed by atoms with Crippen LogP contribution in [0.15, 0.2) is 114 Å². The molecule has 5 heteroatoms. The Labute approximate surface area is 196 Å². The van der Waals surface area contributed by atoms with Crippen LogP contribution in [0.1, 0.15) is 29.2 Å². The normalized spacial score (nSPS) is 11.9. The lowest BCUT2D eigenvalue weighted by molar-refractivity contribution is -0.139. The van der Waals surface area contributed by atoms with Gasteiger partial charge < -0.3 is 4.74 Å². The Hall–Kier alpha value is -3.18. The van der Waals surface area contributed by atoms with Gasteiger partial charge in [0.25, 0.3) is 0 Å². The van der Waals surface area contributed by atoms with Gasteiger partial charge in [-0.15, -0.1) is 11.8 Å². The van der Waals surface area contributed by atoms with Gasteiger partial charge in [0.2, 0.25) is 0 Å². The van der Waals surface area contributed by atoms with Crippen molar-refractivity contribution < 1.29 is 17.9 Å². The van der Waals surface area contributed by atoms with E-state index in [0.29, 0.717) is 6.61 Å². The van der Waals surface area contributed by atoms with E-state index >= 15 is 0 Å². The number of rotatable bonds is 7. The number of hydrogen-bond acceptors (Lipinski definition) is 2. The topological polar surface area (TPSA) is 9.23 Å². The molecule has 4 aromatic rings. The van der Waals surface area contributed by atoms with Gasteiger partial charge >= 0.3 is 6.18 Å². The van der Waals surface area contributed by atoms with E-state index in [2.05, 4.69) is 0 Å². The largest absolute Gasteiger partial charge is 0.494 e. The average Bonchev–Trinajstić information content (AvgIpc) is 2.84. The minimum atomic E-state index is -4.52. The third-order valence-electron chi connectivity index (χ3n) is 5.37. The van der Waals surface area contributed by atoms with Crippen LogP contribution in [-0.4, -0.2) is 6.61 Å². The molecule has 0 radical (unpaired) electrons. The molecule has 0 aliphatic carbocycles. The fourth-order valence-electron chi connectivity index (χ4n) is 3.94. The number of halogens is 3. The van der Waals surface area contributed by atoms with E-state index in [1.165, 1.54) is 17.8 Å². The minimum absolute atomic E-state index is 0.141. The van der Waals surface area contributed by atoms with Crippen molar-refractivity contribution in [1.82, 2.24) is 0 Å². The molecule has 0 atom stereocenters. The molecule has 0 saturated heterocycles. The second-order valence-electron chi connectivity index (χ2n) is 7.47. The van der Waals surface area contributed by atoms with Crippen LogP contribution in [0.5, 0.6) is 5.75 Å². The molecule has 33 heavy (non-hydrogen) atoms. The highest BCUT2D eigenvalue weighted by Crippen LogP contribution is 2.54. The molecule has 0 aliphatic rings. The molecule has 0 aliphatic heterocycles. The van der Waals surface area contributed by atoms with Crippen LogP contribution in [0, 0.1) is 0 Å². The lowest BCUT2D eigenvalue weighted by Gasteiger charge is -2.36.